The Balaban J connectivity index is 1.13. The lowest BCUT2D eigenvalue weighted by Gasteiger charge is -2.34. The summed E-state index contributed by atoms with van der Waals surface area (Å²) in [5.41, 5.74) is 2.43. The number of hydrogen-bond donors (Lipinski definition) is 2. The van der Waals surface area contributed by atoms with Crippen LogP contribution >= 0.6 is 0 Å². The van der Waals surface area contributed by atoms with Gasteiger partial charge in [-0.3, -0.25) is 4.57 Å². The number of esters is 1. The molecular weight excluding hydrogens is 478 g/mol. The number of benzene rings is 1. The van der Waals surface area contributed by atoms with Crippen LogP contribution in [0.3, 0.4) is 0 Å². The highest BCUT2D eigenvalue weighted by Gasteiger charge is 2.38. The molecule has 0 aliphatic heterocycles. The molecule has 2 N–H and O–H groups in total. The van der Waals surface area contributed by atoms with Crippen LogP contribution in [0.4, 0.5) is 11.6 Å². The van der Waals surface area contributed by atoms with E-state index in [9.17, 15) is 9.90 Å². The van der Waals surface area contributed by atoms with Crippen molar-refractivity contribution in [2.75, 3.05) is 5.32 Å². The molecule has 2 fully saturated rings. The lowest BCUT2D eigenvalue weighted by molar-refractivity contribution is -0.0485. The van der Waals surface area contributed by atoms with Crippen LogP contribution in [0.1, 0.15) is 71.6 Å². The van der Waals surface area contributed by atoms with E-state index in [4.69, 9.17) is 9.72 Å². The standard InChI is InChI=1S/C30H31N5O3/c1-20-15-27(33-26-17-23(11-14-31-26)21-7-8-21)34-28(16-20)35-18-25(32-19-35)30(37)12-9-24(10-13-30)38-29(36)22-5-3-2-4-6-22/h2-6,11,14-19,21,24,37H,7-10,12-13H2,1H3,(H,31,33,34). The van der Waals surface area contributed by atoms with Crippen molar-refractivity contribution in [2.24, 2.45) is 0 Å². The second kappa shape index (κ2) is 10.0. The van der Waals surface area contributed by atoms with Gasteiger partial charge in [-0.2, -0.15) is 0 Å². The average molecular weight is 510 g/mol. The first kappa shape index (κ1) is 24.3. The summed E-state index contributed by atoms with van der Waals surface area (Å²) in [4.78, 5) is 26.2. The number of imidazole rings is 1. The minimum absolute atomic E-state index is 0.218. The largest absolute Gasteiger partial charge is 0.459 e. The van der Waals surface area contributed by atoms with Gasteiger partial charge in [-0.25, -0.2) is 19.7 Å². The summed E-state index contributed by atoms with van der Waals surface area (Å²) in [6.45, 7) is 2.02. The molecule has 0 unspecified atom stereocenters. The van der Waals surface area contributed by atoms with Gasteiger partial charge < -0.3 is 15.2 Å². The van der Waals surface area contributed by atoms with Crippen LogP contribution in [0.25, 0.3) is 5.82 Å². The van der Waals surface area contributed by atoms with Gasteiger partial charge in [-0.15, -0.1) is 0 Å². The zero-order valence-electron chi connectivity index (χ0n) is 21.4. The molecule has 0 saturated heterocycles. The molecule has 0 amide bonds. The van der Waals surface area contributed by atoms with Crippen LogP contribution in [0.15, 0.2) is 73.3 Å². The van der Waals surface area contributed by atoms with Crippen molar-refractivity contribution in [2.45, 2.75) is 63.1 Å². The molecule has 8 heteroatoms. The third-order valence-electron chi connectivity index (χ3n) is 7.41. The highest BCUT2D eigenvalue weighted by Crippen LogP contribution is 2.40. The van der Waals surface area contributed by atoms with Crippen molar-refractivity contribution in [1.82, 2.24) is 19.5 Å². The number of aromatic nitrogens is 4. The normalized spacial score (nSPS) is 21.2. The number of pyridine rings is 2. The summed E-state index contributed by atoms with van der Waals surface area (Å²) in [7, 11) is 0. The SMILES string of the molecule is Cc1cc(Nc2cc(C3CC3)ccn2)nc(-n2cnc(C3(O)CCC(OC(=O)c4ccccc4)CC3)c2)c1. The fourth-order valence-electron chi connectivity index (χ4n) is 5.09. The topological polar surface area (TPSA) is 102 Å². The Labute approximate surface area is 221 Å². The number of aryl methyl sites for hydroxylation is 1. The highest BCUT2D eigenvalue weighted by molar-refractivity contribution is 5.89. The average Bonchev–Trinajstić information content (AvgIpc) is 3.66. The first-order valence-corrected chi connectivity index (χ1v) is 13.2. The lowest BCUT2D eigenvalue weighted by atomic mass is 9.81. The van der Waals surface area contributed by atoms with Crippen LogP contribution < -0.4 is 5.32 Å². The van der Waals surface area contributed by atoms with Crippen molar-refractivity contribution in [1.29, 1.82) is 0 Å². The molecule has 3 aromatic heterocycles. The van der Waals surface area contributed by atoms with E-state index < -0.39 is 5.60 Å². The van der Waals surface area contributed by atoms with Crippen molar-refractivity contribution < 1.29 is 14.6 Å². The summed E-state index contributed by atoms with van der Waals surface area (Å²) in [5, 5.41) is 14.7. The number of ether oxygens (including phenoxy) is 1. The number of nitrogens with one attached hydrogen (secondary N) is 1. The maximum absolute atomic E-state index is 12.4. The summed E-state index contributed by atoms with van der Waals surface area (Å²) in [6, 6.07) is 17.1. The third kappa shape index (κ3) is 5.31. The van der Waals surface area contributed by atoms with Gasteiger partial charge in [0, 0.05) is 12.4 Å². The number of anilines is 2. The highest BCUT2D eigenvalue weighted by atomic mass is 16.5. The first-order chi connectivity index (χ1) is 18.4. The number of carbonyl (C=O) groups excluding carboxylic acids is 1. The van der Waals surface area contributed by atoms with Crippen LogP contribution in [-0.2, 0) is 10.3 Å². The molecule has 0 radical (unpaired) electrons. The van der Waals surface area contributed by atoms with Gasteiger partial charge in [0.25, 0.3) is 0 Å². The minimum Gasteiger partial charge on any atom is -0.459 e. The molecule has 4 aromatic rings. The molecule has 8 nitrogen and oxygen atoms in total. The number of aliphatic hydroxyl groups is 1. The lowest BCUT2D eigenvalue weighted by Crippen LogP contribution is -2.35. The van der Waals surface area contributed by atoms with E-state index in [2.05, 4.69) is 27.4 Å². The van der Waals surface area contributed by atoms with E-state index in [0.29, 0.717) is 54.5 Å². The van der Waals surface area contributed by atoms with E-state index in [-0.39, 0.29) is 12.1 Å². The van der Waals surface area contributed by atoms with Crippen LogP contribution in [0.2, 0.25) is 0 Å². The molecule has 2 aliphatic rings. The Bertz CT molecular complexity index is 1440. The summed E-state index contributed by atoms with van der Waals surface area (Å²) in [6.07, 6.45) is 9.71. The Kier molecular flexibility index (Phi) is 6.41. The van der Waals surface area contributed by atoms with E-state index in [1.807, 2.05) is 54.2 Å². The summed E-state index contributed by atoms with van der Waals surface area (Å²) in [5.74, 6) is 2.52. The van der Waals surface area contributed by atoms with Crippen molar-refractivity contribution in [3.63, 3.8) is 0 Å². The molecule has 6 rings (SSSR count). The van der Waals surface area contributed by atoms with Crippen molar-refractivity contribution in [3.8, 4) is 5.82 Å². The van der Waals surface area contributed by atoms with Crippen LogP contribution in [0.5, 0.6) is 0 Å². The number of hydrogen-bond acceptors (Lipinski definition) is 7. The number of carbonyl (C=O) groups is 1. The van der Waals surface area contributed by atoms with Gasteiger partial charge in [0.2, 0.25) is 0 Å². The number of rotatable bonds is 7. The second-order valence-corrected chi connectivity index (χ2v) is 10.4. The predicted octanol–water partition coefficient (Wildman–Crippen LogP) is 5.58. The monoisotopic (exact) mass is 509 g/mol. The van der Waals surface area contributed by atoms with E-state index in [0.717, 1.165) is 11.4 Å². The van der Waals surface area contributed by atoms with Gasteiger partial charge in [-0.05, 0) is 98.9 Å². The van der Waals surface area contributed by atoms with Crippen molar-refractivity contribution >= 4 is 17.6 Å². The van der Waals surface area contributed by atoms with E-state index in [1.54, 1.807) is 18.5 Å². The maximum atomic E-state index is 12.4. The van der Waals surface area contributed by atoms with E-state index in [1.165, 1.54) is 18.4 Å². The maximum Gasteiger partial charge on any atom is 0.338 e. The Morgan fingerprint density at radius 3 is 2.58 bits per heavy atom. The molecule has 38 heavy (non-hydrogen) atoms. The first-order valence-electron chi connectivity index (χ1n) is 13.2. The number of nitrogens with zero attached hydrogens (tertiary/aromatic N) is 4. The van der Waals surface area contributed by atoms with Gasteiger partial charge in [-0.1, -0.05) is 18.2 Å². The van der Waals surface area contributed by atoms with E-state index >= 15 is 0 Å². The smallest absolute Gasteiger partial charge is 0.338 e. The fraction of sp³-hybridized carbons (Fsp3) is 0.333. The molecule has 2 saturated carbocycles. The van der Waals surface area contributed by atoms with Crippen LogP contribution in [-0.4, -0.2) is 36.7 Å². The molecule has 0 spiro atoms. The second-order valence-electron chi connectivity index (χ2n) is 10.4. The molecular formula is C30H31N5O3. The van der Waals surface area contributed by atoms with Gasteiger partial charge in [0.15, 0.2) is 0 Å². The zero-order valence-corrected chi connectivity index (χ0v) is 21.4. The van der Waals surface area contributed by atoms with Gasteiger partial charge in [0.1, 0.15) is 35.5 Å². The molecule has 3 heterocycles. The van der Waals surface area contributed by atoms with Gasteiger partial charge >= 0.3 is 5.97 Å². The summed E-state index contributed by atoms with van der Waals surface area (Å²) >= 11 is 0. The Morgan fingerprint density at radius 2 is 1.82 bits per heavy atom. The van der Waals surface area contributed by atoms with Gasteiger partial charge in [0.05, 0.1) is 11.3 Å². The molecule has 0 bridgehead atoms. The zero-order chi connectivity index (χ0) is 26.1. The summed E-state index contributed by atoms with van der Waals surface area (Å²) < 4.78 is 7.52. The molecule has 0 atom stereocenters. The fourth-order valence-corrected chi connectivity index (χ4v) is 5.09. The predicted molar refractivity (Wildman–Crippen MR) is 144 cm³/mol. The Hall–Kier alpha value is -4.04. The van der Waals surface area contributed by atoms with Crippen LogP contribution in [0, 0.1) is 6.92 Å². The Morgan fingerprint density at radius 1 is 1.03 bits per heavy atom. The third-order valence-corrected chi connectivity index (χ3v) is 7.41. The molecule has 2 aliphatic carbocycles. The molecule has 194 valence electrons. The minimum atomic E-state index is -1.07. The van der Waals surface area contributed by atoms with Crippen molar-refractivity contribution in [3.05, 3.63) is 95.7 Å². The quantitative estimate of drug-likeness (QED) is 0.314. The molecule has 1 aromatic carbocycles.